The number of aryl methyl sites for hydroxylation is 2. The summed E-state index contributed by atoms with van der Waals surface area (Å²) in [5, 5.41) is 7.61. The number of nitrogens with one attached hydrogen (secondary N) is 1. The Balaban J connectivity index is 1.64. The van der Waals surface area contributed by atoms with Crippen LogP contribution in [0.2, 0.25) is 0 Å². The third-order valence-corrected chi connectivity index (χ3v) is 5.28. The number of nitrogens with zero attached hydrogens (tertiary/aromatic N) is 2. The molecule has 0 bridgehead atoms. The second kappa shape index (κ2) is 11.6. The number of hydrogen-bond donors (Lipinski definition) is 1. The highest BCUT2D eigenvalue weighted by Crippen LogP contribution is 2.20. The van der Waals surface area contributed by atoms with Crippen LogP contribution in [0.1, 0.15) is 58.3 Å². The molecule has 0 saturated heterocycles. The van der Waals surface area contributed by atoms with Gasteiger partial charge in [-0.15, -0.1) is 0 Å². The maximum Gasteiger partial charge on any atom is 0.338 e. The van der Waals surface area contributed by atoms with E-state index >= 15 is 0 Å². The van der Waals surface area contributed by atoms with Crippen molar-refractivity contribution in [2.45, 2.75) is 45.6 Å². The molecule has 2 aromatic rings. The van der Waals surface area contributed by atoms with E-state index in [0.717, 1.165) is 24.2 Å². The Hall–Kier alpha value is -2.94. The number of fused-ring (bicyclic) bond motifs is 1. The lowest BCUT2D eigenvalue weighted by Gasteiger charge is -2.10. The fourth-order valence-electron chi connectivity index (χ4n) is 3.66. The molecule has 32 heavy (non-hydrogen) atoms. The fourth-order valence-corrected chi connectivity index (χ4v) is 3.66. The first-order chi connectivity index (χ1) is 15.5. The Morgan fingerprint density at radius 3 is 2.91 bits per heavy atom. The van der Waals surface area contributed by atoms with E-state index in [-0.39, 0.29) is 23.8 Å². The lowest BCUT2D eigenvalue weighted by Crippen LogP contribution is -2.26. The van der Waals surface area contributed by atoms with Crippen molar-refractivity contribution < 1.29 is 28.2 Å². The van der Waals surface area contributed by atoms with Gasteiger partial charge in [0.2, 0.25) is 0 Å². The van der Waals surface area contributed by atoms with Crippen LogP contribution < -0.4 is 10.1 Å². The summed E-state index contributed by atoms with van der Waals surface area (Å²) in [7, 11) is 1.34. The van der Waals surface area contributed by atoms with Crippen molar-refractivity contribution in [3.63, 3.8) is 0 Å². The van der Waals surface area contributed by atoms with Gasteiger partial charge in [-0.1, -0.05) is 6.92 Å². The molecule has 1 amide bonds. The number of benzene rings is 1. The summed E-state index contributed by atoms with van der Waals surface area (Å²) in [5.74, 6) is -1.19. The molecule has 0 atom stereocenters. The second-order valence-corrected chi connectivity index (χ2v) is 7.51. The molecular formula is C23H30FN3O5. The average molecular weight is 448 g/mol. The van der Waals surface area contributed by atoms with E-state index in [1.165, 1.54) is 25.3 Å². The number of esters is 1. The fraction of sp³-hybridized carbons (Fsp3) is 0.522. The summed E-state index contributed by atoms with van der Waals surface area (Å²) >= 11 is 0. The van der Waals surface area contributed by atoms with Crippen LogP contribution in [0.25, 0.3) is 0 Å². The summed E-state index contributed by atoms with van der Waals surface area (Å²) in [6.45, 7) is 4.50. The van der Waals surface area contributed by atoms with Crippen LogP contribution in [0.5, 0.6) is 5.75 Å². The van der Waals surface area contributed by atoms with E-state index in [1.54, 1.807) is 0 Å². The number of halogens is 1. The minimum atomic E-state index is -0.547. The minimum absolute atomic E-state index is 0.00790. The lowest BCUT2D eigenvalue weighted by atomic mass is 10.1. The van der Waals surface area contributed by atoms with E-state index in [4.69, 9.17) is 14.2 Å². The third kappa shape index (κ3) is 5.85. The standard InChI is InChI=1S/C23H30FN3O5/c1-3-18-21-19(7-4-12-31-13-5-10-25-22(21)28)27(26-18)11-6-14-32-23(29)16-8-9-17(24)20(15-16)30-2/h8-9,15H,3-7,10-14H2,1-2H3,(H,25,28). The molecule has 0 unspecified atom stereocenters. The first kappa shape index (κ1) is 23.7. The molecule has 8 nitrogen and oxygen atoms in total. The van der Waals surface area contributed by atoms with Gasteiger partial charge in [0.05, 0.1) is 36.2 Å². The van der Waals surface area contributed by atoms with Crippen molar-refractivity contribution in [1.82, 2.24) is 15.1 Å². The van der Waals surface area contributed by atoms with E-state index in [9.17, 15) is 14.0 Å². The number of carbonyl (C=O) groups is 2. The average Bonchev–Trinajstić information content (AvgIpc) is 3.13. The van der Waals surface area contributed by atoms with Crippen LogP contribution in [0.15, 0.2) is 18.2 Å². The van der Waals surface area contributed by atoms with Gasteiger partial charge in [0, 0.05) is 32.7 Å². The first-order valence-electron chi connectivity index (χ1n) is 11.0. The monoisotopic (exact) mass is 447 g/mol. The van der Waals surface area contributed by atoms with Gasteiger partial charge in [-0.3, -0.25) is 9.48 Å². The number of amides is 1. The topological polar surface area (TPSA) is 91.7 Å². The van der Waals surface area contributed by atoms with Gasteiger partial charge in [0.1, 0.15) is 0 Å². The summed E-state index contributed by atoms with van der Waals surface area (Å²) in [4.78, 5) is 25.0. The number of hydrogen-bond acceptors (Lipinski definition) is 6. The Bertz CT molecular complexity index is 944. The highest BCUT2D eigenvalue weighted by atomic mass is 19.1. The normalized spacial score (nSPS) is 14.8. The zero-order valence-corrected chi connectivity index (χ0v) is 18.6. The van der Waals surface area contributed by atoms with Crippen LogP contribution >= 0.6 is 0 Å². The zero-order valence-electron chi connectivity index (χ0n) is 18.6. The van der Waals surface area contributed by atoms with E-state index in [2.05, 4.69) is 10.4 Å². The smallest absolute Gasteiger partial charge is 0.338 e. The molecule has 174 valence electrons. The molecule has 1 N–H and O–H groups in total. The predicted octanol–water partition coefficient (Wildman–Crippen LogP) is 2.92. The highest BCUT2D eigenvalue weighted by molar-refractivity contribution is 5.96. The molecule has 9 heteroatoms. The van der Waals surface area contributed by atoms with Crippen LogP contribution in [0.3, 0.4) is 0 Å². The molecule has 1 aliphatic rings. The molecule has 0 saturated carbocycles. The SMILES string of the molecule is CCc1nn(CCCOC(=O)c2ccc(F)c(OC)c2)c2c1C(=O)NCCCOCCC2. The van der Waals surface area contributed by atoms with Gasteiger partial charge in [-0.05, 0) is 43.9 Å². The molecule has 1 aliphatic heterocycles. The van der Waals surface area contributed by atoms with Gasteiger partial charge in [-0.25, -0.2) is 9.18 Å². The zero-order chi connectivity index (χ0) is 22.9. The maximum absolute atomic E-state index is 13.5. The number of aromatic nitrogens is 2. The van der Waals surface area contributed by atoms with Crippen molar-refractivity contribution in [2.75, 3.05) is 33.5 Å². The first-order valence-corrected chi connectivity index (χ1v) is 11.0. The number of carbonyl (C=O) groups excluding carboxylic acids is 2. The van der Waals surface area contributed by atoms with Gasteiger partial charge < -0.3 is 19.5 Å². The number of ether oxygens (including phenoxy) is 3. The summed E-state index contributed by atoms with van der Waals surface area (Å²) in [5.41, 5.74) is 2.54. The summed E-state index contributed by atoms with van der Waals surface area (Å²) < 4.78 is 31.2. The Morgan fingerprint density at radius 1 is 1.31 bits per heavy atom. The summed E-state index contributed by atoms with van der Waals surface area (Å²) in [6.07, 6.45) is 3.45. The van der Waals surface area contributed by atoms with Crippen LogP contribution in [0, 0.1) is 5.82 Å². The van der Waals surface area contributed by atoms with Crippen LogP contribution in [-0.2, 0) is 28.9 Å². The molecule has 0 aliphatic carbocycles. The molecule has 0 spiro atoms. The second-order valence-electron chi connectivity index (χ2n) is 7.51. The van der Waals surface area contributed by atoms with E-state index in [0.29, 0.717) is 51.1 Å². The Morgan fingerprint density at radius 2 is 2.12 bits per heavy atom. The van der Waals surface area contributed by atoms with E-state index < -0.39 is 11.8 Å². The van der Waals surface area contributed by atoms with Crippen LogP contribution in [-0.4, -0.2) is 55.1 Å². The molecule has 0 radical (unpaired) electrons. The molecular weight excluding hydrogens is 417 g/mol. The molecule has 3 rings (SSSR count). The molecule has 0 fully saturated rings. The highest BCUT2D eigenvalue weighted by Gasteiger charge is 2.23. The van der Waals surface area contributed by atoms with Crippen LogP contribution in [0.4, 0.5) is 4.39 Å². The van der Waals surface area contributed by atoms with E-state index in [1.807, 2.05) is 11.6 Å². The maximum atomic E-state index is 13.5. The molecule has 1 aromatic carbocycles. The quantitative estimate of drug-likeness (QED) is 0.518. The van der Waals surface area contributed by atoms with Gasteiger partial charge in [0.25, 0.3) is 5.91 Å². The Labute approximate surface area is 187 Å². The van der Waals surface area contributed by atoms with Crippen molar-refractivity contribution in [3.05, 3.63) is 46.5 Å². The lowest BCUT2D eigenvalue weighted by molar-refractivity contribution is 0.0494. The van der Waals surface area contributed by atoms with Gasteiger partial charge >= 0.3 is 5.97 Å². The molecule has 1 aromatic heterocycles. The van der Waals surface area contributed by atoms with Gasteiger partial charge in [-0.2, -0.15) is 5.10 Å². The molecule has 2 heterocycles. The van der Waals surface area contributed by atoms with Crippen molar-refractivity contribution in [3.8, 4) is 5.75 Å². The minimum Gasteiger partial charge on any atom is -0.494 e. The summed E-state index contributed by atoms with van der Waals surface area (Å²) in [6, 6.07) is 3.85. The van der Waals surface area contributed by atoms with Crippen molar-refractivity contribution >= 4 is 11.9 Å². The number of methoxy groups -OCH3 is 1. The largest absolute Gasteiger partial charge is 0.494 e. The van der Waals surface area contributed by atoms with Gasteiger partial charge in [0.15, 0.2) is 11.6 Å². The number of rotatable bonds is 7. The van der Waals surface area contributed by atoms with Crippen molar-refractivity contribution in [1.29, 1.82) is 0 Å². The third-order valence-electron chi connectivity index (χ3n) is 5.28. The predicted molar refractivity (Wildman–Crippen MR) is 116 cm³/mol. The Kier molecular flexibility index (Phi) is 8.61. The van der Waals surface area contributed by atoms with Crippen molar-refractivity contribution in [2.24, 2.45) is 0 Å².